The summed E-state index contributed by atoms with van der Waals surface area (Å²) in [5.74, 6) is 0.136. The van der Waals surface area contributed by atoms with Crippen molar-refractivity contribution in [3.8, 4) is 11.5 Å². The van der Waals surface area contributed by atoms with Crippen molar-refractivity contribution in [2.45, 2.75) is 0 Å². The summed E-state index contributed by atoms with van der Waals surface area (Å²) in [6.07, 6.45) is 1.57. The number of nitrogens with zero attached hydrogens (tertiary/aromatic N) is 2. The molecule has 2 aliphatic rings. The molecule has 2 saturated heterocycles. The van der Waals surface area contributed by atoms with Gasteiger partial charge in [-0.05, 0) is 54.2 Å². The maximum Gasteiger partial charge on any atom is 0.294 e. The van der Waals surface area contributed by atoms with E-state index in [4.69, 9.17) is 14.2 Å². The van der Waals surface area contributed by atoms with Crippen molar-refractivity contribution < 1.29 is 28.6 Å². The molecule has 2 aromatic rings. The fraction of sp³-hybridized carbons (Fsp3) is 0.292. The summed E-state index contributed by atoms with van der Waals surface area (Å²) in [6, 6.07) is 12.6. The number of ether oxygens (including phenoxy) is 3. The summed E-state index contributed by atoms with van der Waals surface area (Å²) in [4.78, 5) is 41.1. The zero-order valence-electron chi connectivity index (χ0n) is 18.9. The van der Waals surface area contributed by atoms with Crippen molar-refractivity contribution in [2.24, 2.45) is 0 Å². The normalized spacial score (nSPS) is 17.3. The summed E-state index contributed by atoms with van der Waals surface area (Å²) >= 11 is 0.788. The summed E-state index contributed by atoms with van der Waals surface area (Å²) < 4.78 is 15.9. The van der Waals surface area contributed by atoms with Crippen LogP contribution in [-0.2, 0) is 14.3 Å². The van der Waals surface area contributed by atoms with Gasteiger partial charge in [-0.2, -0.15) is 0 Å². The smallest absolute Gasteiger partial charge is 0.294 e. The molecule has 178 valence electrons. The molecule has 34 heavy (non-hydrogen) atoms. The number of amides is 3. The fourth-order valence-electron chi connectivity index (χ4n) is 3.64. The van der Waals surface area contributed by atoms with Crippen LogP contribution in [0.25, 0.3) is 6.08 Å². The van der Waals surface area contributed by atoms with Gasteiger partial charge in [0.2, 0.25) is 5.91 Å². The van der Waals surface area contributed by atoms with E-state index in [2.05, 4.69) is 10.2 Å². The van der Waals surface area contributed by atoms with Crippen LogP contribution in [-0.4, -0.2) is 69.0 Å². The molecule has 10 heteroatoms. The Labute approximate surface area is 201 Å². The van der Waals surface area contributed by atoms with Gasteiger partial charge in [0.1, 0.15) is 18.0 Å². The molecule has 4 rings (SSSR count). The van der Waals surface area contributed by atoms with Gasteiger partial charge in [0.15, 0.2) is 0 Å². The average molecular weight is 484 g/mol. The Balaban J connectivity index is 1.39. The molecular weight excluding hydrogens is 458 g/mol. The van der Waals surface area contributed by atoms with E-state index in [1.54, 1.807) is 43.5 Å². The highest BCUT2D eigenvalue weighted by Gasteiger charge is 2.36. The molecule has 0 spiro atoms. The zero-order chi connectivity index (χ0) is 24.1. The van der Waals surface area contributed by atoms with E-state index < -0.39 is 17.1 Å². The number of morpholine rings is 1. The summed E-state index contributed by atoms with van der Waals surface area (Å²) in [6.45, 7) is 2.65. The Hall–Kier alpha value is -3.50. The van der Waals surface area contributed by atoms with Gasteiger partial charge in [0.05, 0.1) is 32.3 Å². The van der Waals surface area contributed by atoms with E-state index in [-0.39, 0.29) is 11.4 Å². The minimum atomic E-state index is -0.523. The lowest BCUT2D eigenvalue weighted by Gasteiger charge is -2.28. The maximum absolute atomic E-state index is 12.8. The van der Waals surface area contributed by atoms with E-state index in [0.717, 1.165) is 35.4 Å². The average Bonchev–Trinajstić information content (AvgIpc) is 3.12. The standard InChI is InChI=1S/C24H25N3O6S/c1-31-19-8-3-16(20(14-19)32-2)13-21-23(29)27(24(30)34-21)15-22(28)25-17-4-6-18(7-5-17)26-9-11-33-12-10-26/h3-8,13-14H,9-12,15H2,1-2H3,(H,25,28)/b21-13+. The Morgan fingerprint density at radius 1 is 1.09 bits per heavy atom. The molecule has 0 aromatic heterocycles. The molecule has 0 bridgehead atoms. The number of anilines is 2. The third kappa shape index (κ3) is 5.35. The minimum absolute atomic E-state index is 0.219. The van der Waals surface area contributed by atoms with Crippen molar-refractivity contribution in [1.82, 2.24) is 4.90 Å². The molecule has 0 saturated carbocycles. The molecule has 3 amide bonds. The predicted octanol–water partition coefficient (Wildman–Crippen LogP) is 3.22. The third-order valence-electron chi connectivity index (χ3n) is 5.43. The summed E-state index contributed by atoms with van der Waals surface area (Å²) in [5, 5.41) is 2.25. The number of hydrogen-bond donors (Lipinski definition) is 1. The van der Waals surface area contributed by atoms with E-state index in [1.807, 2.05) is 12.1 Å². The summed E-state index contributed by atoms with van der Waals surface area (Å²) in [7, 11) is 3.05. The molecule has 0 atom stereocenters. The second-order valence-corrected chi connectivity index (χ2v) is 8.56. The van der Waals surface area contributed by atoms with Crippen molar-refractivity contribution in [2.75, 3.05) is 57.3 Å². The van der Waals surface area contributed by atoms with Gasteiger partial charge < -0.3 is 24.4 Å². The van der Waals surface area contributed by atoms with E-state index >= 15 is 0 Å². The largest absolute Gasteiger partial charge is 0.497 e. The molecule has 2 fully saturated rings. The van der Waals surface area contributed by atoms with Crippen LogP contribution in [0.2, 0.25) is 0 Å². The van der Waals surface area contributed by atoms with Crippen LogP contribution >= 0.6 is 11.8 Å². The molecule has 2 heterocycles. The fourth-order valence-corrected chi connectivity index (χ4v) is 4.47. The number of carbonyl (C=O) groups excluding carboxylic acids is 3. The van der Waals surface area contributed by atoms with Crippen LogP contribution in [0.1, 0.15) is 5.56 Å². The molecular formula is C24H25N3O6S. The first kappa shape index (κ1) is 23.7. The second-order valence-electron chi connectivity index (χ2n) is 7.57. The summed E-state index contributed by atoms with van der Waals surface area (Å²) in [5.41, 5.74) is 2.26. The van der Waals surface area contributed by atoms with Crippen LogP contribution < -0.4 is 19.7 Å². The number of nitrogens with one attached hydrogen (secondary N) is 1. The van der Waals surface area contributed by atoms with Gasteiger partial charge in [-0.3, -0.25) is 19.3 Å². The first-order valence-corrected chi connectivity index (χ1v) is 11.5. The Bertz CT molecular complexity index is 1110. The molecule has 2 aliphatic heterocycles. The zero-order valence-corrected chi connectivity index (χ0v) is 19.7. The predicted molar refractivity (Wildman–Crippen MR) is 130 cm³/mol. The Kier molecular flexibility index (Phi) is 7.39. The topological polar surface area (TPSA) is 97.4 Å². The number of imide groups is 1. The molecule has 2 aromatic carbocycles. The van der Waals surface area contributed by atoms with Crippen molar-refractivity contribution >= 4 is 46.3 Å². The van der Waals surface area contributed by atoms with Crippen molar-refractivity contribution in [1.29, 1.82) is 0 Å². The lowest BCUT2D eigenvalue weighted by molar-refractivity contribution is -0.127. The molecule has 0 unspecified atom stereocenters. The molecule has 1 N–H and O–H groups in total. The SMILES string of the molecule is COc1ccc(/C=C2/SC(=O)N(CC(=O)Nc3ccc(N4CCOCC4)cc3)C2=O)c(OC)c1. The molecule has 0 radical (unpaired) electrons. The van der Waals surface area contributed by atoms with Gasteiger partial charge in [0, 0.05) is 36.1 Å². The first-order valence-electron chi connectivity index (χ1n) is 10.7. The van der Waals surface area contributed by atoms with E-state index in [9.17, 15) is 14.4 Å². The lowest BCUT2D eigenvalue weighted by atomic mass is 10.1. The van der Waals surface area contributed by atoms with Crippen molar-refractivity contribution in [3.63, 3.8) is 0 Å². The number of benzene rings is 2. The van der Waals surface area contributed by atoms with Gasteiger partial charge in [-0.25, -0.2) is 0 Å². The van der Waals surface area contributed by atoms with Gasteiger partial charge in [0.25, 0.3) is 11.1 Å². The number of carbonyl (C=O) groups is 3. The molecule has 9 nitrogen and oxygen atoms in total. The monoisotopic (exact) mass is 483 g/mol. The number of rotatable bonds is 7. The number of methoxy groups -OCH3 is 2. The highest BCUT2D eigenvalue weighted by molar-refractivity contribution is 8.18. The third-order valence-corrected chi connectivity index (χ3v) is 6.34. The van der Waals surface area contributed by atoms with Crippen LogP contribution in [0.5, 0.6) is 11.5 Å². The van der Waals surface area contributed by atoms with Crippen LogP contribution in [0.3, 0.4) is 0 Å². The molecule has 0 aliphatic carbocycles. The minimum Gasteiger partial charge on any atom is -0.497 e. The van der Waals surface area contributed by atoms with Crippen LogP contribution in [0.4, 0.5) is 16.2 Å². The first-order chi connectivity index (χ1) is 16.5. The van der Waals surface area contributed by atoms with Crippen LogP contribution in [0, 0.1) is 0 Å². The van der Waals surface area contributed by atoms with E-state index in [1.165, 1.54) is 7.11 Å². The second kappa shape index (κ2) is 10.6. The number of hydrogen-bond acceptors (Lipinski definition) is 8. The highest BCUT2D eigenvalue weighted by atomic mass is 32.2. The quantitative estimate of drug-likeness (QED) is 0.600. The Morgan fingerprint density at radius 3 is 2.50 bits per heavy atom. The Morgan fingerprint density at radius 2 is 1.82 bits per heavy atom. The van der Waals surface area contributed by atoms with E-state index in [0.29, 0.717) is 36.0 Å². The lowest BCUT2D eigenvalue weighted by Crippen LogP contribution is -2.36. The highest BCUT2D eigenvalue weighted by Crippen LogP contribution is 2.35. The van der Waals surface area contributed by atoms with Crippen LogP contribution in [0.15, 0.2) is 47.4 Å². The van der Waals surface area contributed by atoms with Crippen molar-refractivity contribution in [3.05, 3.63) is 52.9 Å². The van der Waals surface area contributed by atoms with Gasteiger partial charge >= 0.3 is 0 Å². The van der Waals surface area contributed by atoms with Gasteiger partial charge in [-0.15, -0.1) is 0 Å². The maximum atomic E-state index is 12.8. The number of thioether (sulfide) groups is 1. The van der Waals surface area contributed by atoms with Gasteiger partial charge in [-0.1, -0.05) is 0 Å².